The van der Waals surface area contributed by atoms with E-state index >= 15 is 0 Å². The van der Waals surface area contributed by atoms with Gasteiger partial charge in [-0.25, -0.2) is 4.79 Å². The van der Waals surface area contributed by atoms with E-state index in [0.717, 1.165) is 11.3 Å². The first-order chi connectivity index (χ1) is 8.84. The van der Waals surface area contributed by atoms with E-state index < -0.39 is 5.97 Å². The van der Waals surface area contributed by atoms with Crippen molar-refractivity contribution in [2.75, 3.05) is 0 Å². The maximum Gasteiger partial charge on any atom is 0.352 e. The monoisotopic (exact) mass is 257 g/mol. The van der Waals surface area contributed by atoms with Crippen molar-refractivity contribution < 1.29 is 9.90 Å². The van der Waals surface area contributed by atoms with Crippen LogP contribution in [-0.2, 0) is 7.05 Å². The number of carbonyl (C=O) groups is 1. The second-order valence-electron chi connectivity index (χ2n) is 5.10. The summed E-state index contributed by atoms with van der Waals surface area (Å²) in [6.45, 7) is 8.35. The summed E-state index contributed by atoms with van der Waals surface area (Å²) in [7, 11) is 1.80. The highest BCUT2D eigenvalue weighted by Crippen LogP contribution is 2.32. The number of carboxylic acid groups (broad SMARTS) is 1. The van der Waals surface area contributed by atoms with Crippen molar-refractivity contribution in [3.05, 3.63) is 46.1 Å². The van der Waals surface area contributed by atoms with Crippen LogP contribution in [0.2, 0.25) is 0 Å². The zero-order valence-electron chi connectivity index (χ0n) is 12.0. The molecule has 0 saturated heterocycles. The minimum absolute atomic E-state index is 0.313. The average molecular weight is 257 g/mol. The second kappa shape index (κ2) is 4.57. The number of aromatic carboxylic acids is 1. The molecular formula is C16H19NO2. The molecule has 3 nitrogen and oxygen atoms in total. The average Bonchev–Trinajstić information content (AvgIpc) is 2.70. The van der Waals surface area contributed by atoms with E-state index in [1.165, 1.54) is 22.3 Å². The standard InChI is InChI=1S/C16H19NO2/c1-9-8-10(2)12(4)15(11(9)3)13-6-7-14(16(18)19)17(13)5/h6-8H,1-5H3,(H,18,19). The molecule has 0 spiro atoms. The molecule has 0 atom stereocenters. The molecule has 1 aromatic heterocycles. The second-order valence-corrected chi connectivity index (χ2v) is 5.10. The molecule has 0 amide bonds. The van der Waals surface area contributed by atoms with Crippen molar-refractivity contribution >= 4 is 5.97 Å². The van der Waals surface area contributed by atoms with Crippen LogP contribution in [-0.4, -0.2) is 15.6 Å². The van der Waals surface area contributed by atoms with Gasteiger partial charge in [-0.2, -0.15) is 0 Å². The molecule has 0 unspecified atom stereocenters. The number of aryl methyl sites for hydroxylation is 2. The van der Waals surface area contributed by atoms with Crippen molar-refractivity contribution in [2.45, 2.75) is 27.7 Å². The highest BCUT2D eigenvalue weighted by Gasteiger charge is 2.17. The summed E-state index contributed by atoms with van der Waals surface area (Å²) in [6, 6.07) is 5.72. The van der Waals surface area contributed by atoms with Gasteiger partial charge >= 0.3 is 5.97 Å². The van der Waals surface area contributed by atoms with Crippen LogP contribution in [0.4, 0.5) is 0 Å². The van der Waals surface area contributed by atoms with Crippen LogP contribution in [0, 0.1) is 27.7 Å². The summed E-state index contributed by atoms with van der Waals surface area (Å²) in [5, 5.41) is 9.15. The molecule has 19 heavy (non-hydrogen) atoms. The Balaban J connectivity index is 2.76. The van der Waals surface area contributed by atoms with Gasteiger partial charge in [-0.3, -0.25) is 0 Å². The van der Waals surface area contributed by atoms with E-state index in [2.05, 4.69) is 33.8 Å². The molecule has 0 saturated carbocycles. The Morgan fingerprint density at radius 2 is 1.58 bits per heavy atom. The largest absolute Gasteiger partial charge is 0.477 e. The van der Waals surface area contributed by atoms with Gasteiger partial charge in [0, 0.05) is 18.3 Å². The van der Waals surface area contributed by atoms with Gasteiger partial charge < -0.3 is 9.67 Å². The summed E-state index contributed by atoms with van der Waals surface area (Å²) >= 11 is 0. The predicted octanol–water partition coefficient (Wildman–Crippen LogP) is 3.62. The van der Waals surface area contributed by atoms with Gasteiger partial charge in [0.1, 0.15) is 5.69 Å². The SMILES string of the molecule is Cc1cc(C)c(C)c(-c2ccc(C(=O)O)n2C)c1C. The molecule has 1 aromatic carbocycles. The third-order valence-electron chi connectivity index (χ3n) is 3.96. The third kappa shape index (κ3) is 2.05. The van der Waals surface area contributed by atoms with Gasteiger partial charge in [-0.15, -0.1) is 0 Å². The van der Waals surface area contributed by atoms with Gasteiger partial charge in [0.05, 0.1) is 0 Å². The van der Waals surface area contributed by atoms with Crippen molar-refractivity contribution in [1.29, 1.82) is 0 Å². The van der Waals surface area contributed by atoms with Crippen molar-refractivity contribution in [2.24, 2.45) is 7.05 Å². The molecule has 0 fully saturated rings. The summed E-state index contributed by atoms with van der Waals surface area (Å²) in [5.41, 5.74) is 7.30. The molecule has 0 aliphatic heterocycles. The lowest BCUT2D eigenvalue weighted by molar-refractivity contribution is 0.0687. The Labute approximate surface area is 113 Å². The van der Waals surface area contributed by atoms with Gasteiger partial charge in [0.2, 0.25) is 0 Å². The molecule has 3 heteroatoms. The Morgan fingerprint density at radius 3 is 2.00 bits per heavy atom. The first kappa shape index (κ1) is 13.4. The van der Waals surface area contributed by atoms with Crippen LogP contribution >= 0.6 is 0 Å². The van der Waals surface area contributed by atoms with Crippen LogP contribution in [0.25, 0.3) is 11.3 Å². The fraction of sp³-hybridized carbons (Fsp3) is 0.312. The molecule has 2 rings (SSSR count). The molecule has 0 radical (unpaired) electrons. The first-order valence-electron chi connectivity index (χ1n) is 6.31. The summed E-state index contributed by atoms with van der Waals surface area (Å²) in [4.78, 5) is 11.1. The van der Waals surface area contributed by atoms with E-state index in [9.17, 15) is 4.79 Å². The minimum Gasteiger partial charge on any atom is -0.477 e. The highest BCUT2D eigenvalue weighted by molar-refractivity contribution is 5.88. The Kier molecular flexibility index (Phi) is 3.23. The molecule has 0 aliphatic rings. The van der Waals surface area contributed by atoms with E-state index in [1.807, 2.05) is 6.07 Å². The molecule has 1 N–H and O–H groups in total. The molecule has 0 aliphatic carbocycles. The van der Waals surface area contributed by atoms with Crippen LogP contribution in [0.3, 0.4) is 0 Å². The fourth-order valence-corrected chi connectivity index (χ4v) is 2.58. The Bertz CT molecular complexity index is 640. The highest BCUT2D eigenvalue weighted by atomic mass is 16.4. The Hall–Kier alpha value is -2.03. The lowest BCUT2D eigenvalue weighted by atomic mass is 9.92. The number of rotatable bonds is 2. The maximum atomic E-state index is 11.1. The smallest absolute Gasteiger partial charge is 0.352 e. The lowest BCUT2D eigenvalue weighted by Gasteiger charge is -2.16. The van der Waals surface area contributed by atoms with Crippen LogP contribution < -0.4 is 0 Å². The fourth-order valence-electron chi connectivity index (χ4n) is 2.58. The van der Waals surface area contributed by atoms with Crippen LogP contribution in [0.5, 0.6) is 0 Å². The van der Waals surface area contributed by atoms with Gasteiger partial charge in [0.15, 0.2) is 0 Å². The lowest BCUT2D eigenvalue weighted by Crippen LogP contribution is -2.06. The van der Waals surface area contributed by atoms with Gasteiger partial charge in [-0.05, 0) is 62.1 Å². The number of carboxylic acids is 1. The van der Waals surface area contributed by atoms with Gasteiger partial charge in [-0.1, -0.05) is 6.07 Å². The summed E-state index contributed by atoms with van der Waals surface area (Å²) in [5.74, 6) is -0.895. The summed E-state index contributed by atoms with van der Waals surface area (Å²) < 4.78 is 1.75. The number of hydrogen-bond acceptors (Lipinski definition) is 1. The minimum atomic E-state index is -0.895. The first-order valence-corrected chi connectivity index (χ1v) is 6.31. The number of nitrogens with zero attached hydrogens (tertiary/aromatic N) is 1. The molecule has 0 bridgehead atoms. The topological polar surface area (TPSA) is 42.2 Å². The van der Waals surface area contributed by atoms with Gasteiger partial charge in [0.25, 0.3) is 0 Å². The van der Waals surface area contributed by atoms with E-state index in [4.69, 9.17) is 5.11 Å². The van der Waals surface area contributed by atoms with Crippen molar-refractivity contribution in [3.8, 4) is 11.3 Å². The van der Waals surface area contributed by atoms with Crippen LogP contribution in [0.1, 0.15) is 32.7 Å². The normalized spacial score (nSPS) is 10.8. The molecular weight excluding hydrogens is 238 g/mol. The third-order valence-corrected chi connectivity index (χ3v) is 3.96. The van der Waals surface area contributed by atoms with Crippen molar-refractivity contribution in [1.82, 2.24) is 4.57 Å². The molecule has 1 heterocycles. The summed E-state index contributed by atoms with van der Waals surface area (Å²) in [6.07, 6.45) is 0. The van der Waals surface area contributed by atoms with Crippen molar-refractivity contribution in [3.63, 3.8) is 0 Å². The zero-order valence-corrected chi connectivity index (χ0v) is 12.0. The van der Waals surface area contributed by atoms with Crippen LogP contribution in [0.15, 0.2) is 18.2 Å². The molecule has 2 aromatic rings. The quantitative estimate of drug-likeness (QED) is 0.892. The zero-order chi connectivity index (χ0) is 14.3. The maximum absolute atomic E-state index is 11.1. The van der Waals surface area contributed by atoms with E-state index in [-0.39, 0.29) is 0 Å². The van der Waals surface area contributed by atoms with E-state index in [1.54, 1.807) is 17.7 Å². The predicted molar refractivity (Wildman–Crippen MR) is 76.8 cm³/mol. The number of aromatic nitrogens is 1. The van der Waals surface area contributed by atoms with E-state index in [0.29, 0.717) is 5.69 Å². The molecule has 100 valence electrons. The number of hydrogen-bond donors (Lipinski definition) is 1. The number of benzene rings is 1. The Morgan fingerprint density at radius 1 is 1.05 bits per heavy atom.